The highest BCUT2D eigenvalue weighted by atomic mass is 16.2. The number of hydrogen-bond donors (Lipinski definition) is 1. The van der Waals surface area contributed by atoms with Crippen LogP contribution in [-0.4, -0.2) is 21.9 Å². The number of para-hydroxylation sites is 1. The van der Waals surface area contributed by atoms with Crippen LogP contribution < -0.4 is 10.2 Å². The second kappa shape index (κ2) is 6.83. The third-order valence-electron chi connectivity index (χ3n) is 4.77. The summed E-state index contributed by atoms with van der Waals surface area (Å²) in [6.07, 6.45) is 0.885. The first kappa shape index (κ1) is 17.2. The van der Waals surface area contributed by atoms with E-state index in [4.69, 9.17) is 0 Å². The number of benzene rings is 2. The molecule has 5 heteroatoms. The van der Waals surface area contributed by atoms with Crippen molar-refractivity contribution in [3.63, 3.8) is 0 Å². The molecule has 136 valence electrons. The number of amides is 1. The first-order valence-electron chi connectivity index (χ1n) is 9.12. The van der Waals surface area contributed by atoms with Crippen LogP contribution in [0.5, 0.6) is 0 Å². The second-order valence-corrected chi connectivity index (χ2v) is 7.04. The average Bonchev–Trinajstić information content (AvgIpc) is 2.96. The molecule has 0 saturated carbocycles. The fourth-order valence-corrected chi connectivity index (χ4v) is 3.66. The second-order valence-electron chi connectivity index (χ2n) is 7.04. The zero-order valence-electron chi connectivity index (χ0n) is 15.7. The fourth-order valence-electron chi connectivity index (χ4n) is 3.66. The van der Waals surface area contributed by atoms with E-state index < -0.39 is 0 Å². The van der Waals surface area contributed by atoms with Gasteiger partial charge in [-0.1, -0.05) is 24.3 Å². The molecule has 0 fully saturated rings. The lowest BCUT2D eigenvalue weighted by atomic mass is 10.1. The van der Waals surface area contributed by atoms with Gasteiger partial charge in [0, 0.05) is 34.4 Å². The SMILES string of the molecule is Cc1cc(C)nc(Nc2cccc(C(=O)N3c4ccccc4C[C@H]3C)c2)n1. The highest BCUT2D eigenvalue weighted by molar-refractivity contribution is 6.08. The summed E-state index contributed by atoms with van der Waals surface area (Å²) in [5.74, 6) is 0.550. The summed E-state index contributed by atoms with van der Waals surface area (Å²) in [5.41, 5.74) is 5.47. The Labute approximate surface area is 159 Å². The van der Waals surface area contributed by atoms with Crippen LogP contribution in [0.2, 0.25) is 0 Å². The van der Waals surface area contributed by atoms with Crippen LogP contribution in [0.3, 0.4) is 0 Å². The van der Waals surface area contributed by atoms with Gasteiger partial charge in [0.1, 0.15) is 0 Å². The van der Waals surface area contributed by atoms with Crippen molar-refractivity contribution >= 4 is 23.2 Å². The van der Waals surface area contributed by atoms with E-state index in [2.05, 4.69) is 28.3 Å². The molecule has 1 amide bonds. The summed E-state index contributed by atoms with van der Waals surface area (Å²) in [6, 6.07) is 17.7. The van der Waals surface area contributed by atoms with Crippen molar-refractivity contribution in [1.82, 2.24) is 9.97 Å². The quantitative estimate of drug-likeness (QED) is 0.752. The van der Waals surface area contributed by atoms with Gasteiger partial charge >= 0.3 is 0 Å². The lowest BCUT2D eigenvalue weighted by molar-refractivity contribution is 0.0981. The molecule has 0 aliphatic carbocycles. The van der Waals surface area contributed by atoms with Gasteiger partial charge in [-0.25, -0.2) is 9.97 Å². The molecule has 1 atom stereocenters. The van der Waals surface area contributed by atoms with Gasteiger partial charge in [-0.15, -0.1) is 0 Å². The molecule has 3 aromatic rings. The summed E-state index contributed by atoms with van der Waals surface area (Å²) in [5, 5.41) is 3.21. The van der Waals surface area contributed by atoms with Crippen LogP contribution in [0.15, 0.2) is 54.6 Å². The minimum atomic E-state index is 0.0115. The molecule has 1 aliphatic rings. The molecule has 0 spiro atoms. The largest absolute Gasteiger partial charge is 0.324 e. The lowest BCUT2D eigenvalue weighted by Gasteiger charge is -2.23. The van der Waals surface area contributed by atoms with E-state index in [0.29, 0.717) is 11.5 Å². The Morgan fingerprint density at radius 2 is 1.78 bits per heavy atom. The van der Waals surface area contributed by atoms with Crippen molar-refractivity contribution in [2.45, 2.75) is 33.2 Å². The molecule has 1 aliphatic heterocycles. The summed E-state index contributed by atoms with van der Waals surface area (Å²) >= 11 is 0. The zero-order chi connectivity index (χ0) is 19.0. The van der Waals surface area contributed by atoms with E-state index in [9.17, 15) is 4.79 Å². The summed E-state index contributed by atoms with van der Waals surface area (Å²) in [4.78, 5) is 23.9. The van der Waals surface area contributed by atoms with Gasteiger partial charge in [0.15, 0.2) is 0 Å². The van der Waals surface area contributed by atoms with E-state index in [1.54, 1.807) is 0 Å². The van der Waals surface area contributed by atoms with Gasteiger partial charge in [0.05, 0.1) is 0 Å². The molecule has 1 N–H and O–H groups in total. The first-order chi connectivity index (χ1) is 13.0. The number of carbonyl (C=O) groups excluding carboxylic acids is 1. The van der Waals surface area contributed by atoms with Crippen LogP contribution in [0.1, 0.15) is 34.2 Å². The number of aromatic nitrogens is 2. The van der Waals surface area contributed by atoms with E-state index >= 15 is 0 Å². The van der Waals surface area contributed by atoms with Crippen molar-refractivity contribution < 1.29 is 4.79 Å². The maximum Gasteiger partial charge on any atom is 0.258 e. The van der Waals surface area contributed by atoms with Crippen LogP contribution in [-0.2, 0) is 6.42 Å². The monoisotopic (exact) mass is 358 g/mol. The van der Waals surface area contributed by atoms with Crippen LogP contribution in [0.4, 0.5) is 17.3 Å². The number of nitrogens with zero attached hydrogens (tertiary/aromatic N) is 3. The Balaban J connectivity index is 1.62. The zero-order valence-corrected chi connectivity index (χ0v) is 15.7. The Bertz CT molecular complexity index is 994. The topological polar surface area (TPSA) is 58.1 Å². The molecule has 5 nitrogen and oxygen atoms in total. The van der Waals surface area contributed by atoms with Gasteiger partial charge in [-0.2, -0.15) is 0 Å². The van der Waals surface area contributed by atoms with Crippen molar-refractivity contribution in [3.8, 4) is 0 Å². The summed E-state index contributed by atoms with van der Waals surface area (Å²) < 4.78 is 0. The Morgan fingerprint density at radius 3 is 2.56 bits per heavy atom. The molecule has 0 radical (unpaired) electrons. The van der Waals surface area contributed by atoms with Crippen LogP contribution in [0, 0.1) is 13.8 Å². The molecule has 0 saturated heterocycles. The number of rotatable bonds is 3. The summed E-state index contributed by atoms with van der Waals surface area (Å²) in [6.45, 7) is 5.96. The predicted molar refractivity (Wildman–Crippen MR) is 108 cm³/mol. The number of aryl methyl sites for hydroxylation is 2. The molecule has 4 rings (SSSR count). The maximum absolute atomic E-state index is 13.2. The highest BCUT2D eigenvalue weighted by Gasteiger charge is 2.31. The van der Waals surface area contributed by atoms with Crippen molar-refractivity contribution in [2.24, 2.45) is 0 Å². The van der Waals surface area contributed by atoms with Crippen molar-refractivity contribution in [3.05, 3.63) is 77.1 Å². The van der Waals surface area contributed by atoms with Gasteiger partial charge in [0.25, 0.3) is 5.91 Å². The number of nitrogens with one attached hydrogen (secondary N) is 1. The molecule has 0 bridgehead atoms. The van der Waals surface area contributed by atoms with E-state index in [1.165, 1.54) is 5.56 Å². The number of anilines is 3. The van der Waals surface area contributed by atoms with E-state index in [-0.39, 0.29) is 11.9 Å². The smallest absolute Gasteiger partial charge is 0.258 e. The first-order valence-corrected chi connectivity index (χ1v) is 9.12. The molecular weight excluding hydrogens is 336 g/mol. The normalized spacial score (nSPS) is 15.5. The molecule has 27 heavy (non-hydrogen) atoms. The Hall–Kier alpha value is -3.21. The number of carbonyl (C=O) groups is 1. The fraction of sp³-hybridized carbons (Fsp3) is 0.227. The van der Waals surface area contributed by atoms with Crippen LogP contribution in [0.25, 0.3) is 0 Å². The third-order valence-corrected chi connectivity index (χ3v) is 4.77. The van der Waals surface area contributed by atoms with Gasteiger partial charge < -0.3 is 10.2 Å². The predicted octanol–water partition coefficient (Wildman–Crippen LogP) is 4.43. The minimum Gasteiger partial charge on any atom is -0.324 e. The van der Waals surface area contributed by atoms with Gasteiger partial charge in [-0.3, -0.25) is 4.79 Å². The van der Waals surface area contributed by atoms with Crippen LogP contribution >= 0.6 is 0 Å². The van der Waals surface area contributed by atoms with Gasteiger partial charge in [0.2, 0.25) is 5.95 Å². The standard InChI is InChI=1S/C22H22N4O/c1-14-11-15(2)24-22(23-14)25-19-9-6-8-18(13-19)21(27)26-16(3)12-17-7-4-5-10-20(17)26/h4-11,13,16H,12H2,1-3H3,(H,23,24,25)/t16-/m1/s1. The van der Waals surface area contributed by atoms with E-state index in [1.807, 2.05) is 67.3 Å². The molecule has 2 aromatic carbocycles. The van der Waals surface area contributed by atoms with Crippen molar-refractivity contribution in [2.75, 3.05) is 10.2 Å². The average molecular weight is 358 g/mol. The number of hydrogen-bond acceptors (Lipinski definition) is 4. The molecular formula is C22H22N4O. The molecule has 0 unspecified atom stereocenters. The maximum atomic E-state index is 13.2. The Kier molecular flexibility index (Phi) is 4.36. The molecule has 1 aromatic heterocycles. The number of fused-ring (bicyclic) bond motifs is 1. The molecule has 2 heterocycles. The van der Waals surface area contributed by atoms with Crippen molar-refractivity contribution in [1.29, 1.82) is 0 Å². The van der Waals surface area contributed by atoms with Gasteiger partial charge in [-0.05, 0) is 63.1 Å². The van der Waals surface area contributed by atoms with E-state index in [0.717, 1.165) is 29.2 Å². The highest BCUT2D eigenvalue weighted by Crippen LogP contribution is 2.33. The Morgan fingerprint density at radius 1 is 1.04 bits per heavy atom. The summed E-state index contributed by atoms with van der Waals surface area (Å²) in [7, 11) is 0. The lowest BCUT2D eigenvalue weighted by Crippen LogP contribution is -2.35. The minimum absolute atomic E-state index is 0.0115. The third kappa shape index (κ3) is 3.40.